The number of nitrogens with zero attached hydrogens (tertiary/aromatic N) is 1. The van der Waals surface area contributed by atoms with Crippen LogP contribution in [0.5, 0.6) is 5.75 Å². The molecule has 1 rings (SSSR count). The minimum Gasteiger partial charge on any atom is -0.507 e. The van der Waals surface area contributed by atoms with E-state index in [0.29, 0.717) is 0 Å². The van der Waals surface area contributed by atoms with E-state index in [1.54, 1.807) is 19.2 Å². The minimum absolute atomic E-state index is 0.0616. The number of aliphatic hydroxyl groups excluding tert-OH is 1. The van der Waals surface area contributed by atoms with Crippen molar-refractivity contribution in [2.24, 2.45) is 0 Å². The van der Waals surface area contributed by atoms with Crippen LogP contribution in [-0.4, -0.2) is 54.4 Å². The van der Waals surface area contributed by atoms with E-state index in [-0.39, 0.29) is 30.4 Å². The van der Waals surface area contributed by atoms with E-state index in [1.165, 1.54) is 18.1 Å². The second-order valence-electron chi connectivity index (χ2n) is 3.96. The van der Waals surface area contributed by atoms with Crippen LogP contribution in [-0.2, 0) is 4.74 Å². The summed E-state index contributed by atoms with van der Waals surface area (Å²) in [6.45, 7) is 0.313. The first kappa shape index (κ1) is 15.2. The third-order valence-electron chi connectivity index (χ3n) is 2.38. The minimum atomic E-state index is -0.742. The molecule has 6 heteroatoms. The van der Waals surface area contributed by atoms with Crippen LogP contribution in [0, 0.1) is 3.57 Å². The number of rotatable bonds is 5. The molecule has 0 radical (unpaired) electrons. The number of hydrogen-bond donors (Lipinski definition) is 2. The van der Waals surface area contributed by atoms with Gasteiger partial charge in [-0.2, -0.15) is 0 Å². The van der Waals surface area contributed by atoms with Gasteiger partial charge in [-0.15, -0.1) is 0 Å². The molecule has 0 saturated carbocycles. The van der Waals surface area contributed by atoms with Crippen molar-refractivity contribution in [3.05, 3.63) is 27.3 Å². The zero-order chi connectivity index (χ0) is 13.7. The van der Waals surface area contributed by atoms with Crippen molar-refractivity contribution < 1.29 is 19.7 Å². The number of methoxy groups -OCH3 is 1. The monoisotopic (exact) mass is 365 g/mol. The Morgan fingerprint density at radius 1 is 1.56 bits per heavy atom. The zero-order valence-electron chi connectivity index (χ0n) is 10.3. The Morgan fingerprint density at radius 3 is 2.83 bits per heavy atom. The number of aliphatic hydroxyl groups is 1. The van der Waals surface area contributed by atoms with Gasteiger partial charge in [0.05, 0.1) is 18.3 Å². The van der Waals surface area contributed by atoms with Crippen LogP contribution in [0.15, 0.2) is 18.2 Å². The molecular weight excluding hydrogens is 349 g/mol. The van der Waals surface area contributed by atoms with Gasteiger partial charge in [-0.25, -0.2) is 0 Å². The molecule has 1 amide bonds. The number of likely N-dealkylation sites (N-methyl/N-ethyl adjacent to an activating group) is 1. The number of hydrogen-bond acceptors (Lipinski definition) is 4. The van der Waals surface area contributed by atoms with Gasteiger partial charge in [-0.1, -0.05) is 0 Å². The highest BCUT2D eigenvalue weighted by molar-refractivity contribution is 14.1. The number of ether oxygens (including phenoxy) is 1. The molecule has 0 aliphatic carbocycles. The van der Waals surface area contributed by atoms with E-state index in [2.05, 4.69) is 22.6 Å². The van der Waals surface area contributed by atoms with E-state index in [9.17, 15) is 15.0 Å². The molecule has 0 aromatic heterocycles. The average Bonchev–Trinajstić information content (AvgIpc) is 2.31. The lowest BCUT2D eigenvalue weighted by Gasteiger charge is -2.21. The Kier molecular flexibility index (Phi) is 5.83. The molecule has 0 fully saturated rings. The molecule has 0 aliphatic rings. The second kappa shape index (κ2) is 6.91. The van der Waals surface area contributed by atoms with Gasteiger partial charge in [0.1, 0.15) is 5.75 Å². The van der Waals surface area contributed by atoms with Crippen LogP contribution < -0.4 is 0 Å². The van der Waals surface area contributed by atoms with Crippen molar-refractivity contribution in [3.8, 4) is 5.75 Å². The summed E-state index contributed by atoms with van der Waals surface area (Å²) in [6, 6.07) is 4.80. The lowest BCUT2D eigenvalue weighted by atomic mass is 10.1. The van der Waals surface area contributed by atoms with Gasteiger partial charge in [0.25, 0.3) is 5.91 Å². The lowest BCUT2D eigenvalue weighted by molar-refractivity contribution is 0.0379. The predicted octanol–water partition coefficient (Wildman–Crippen LogP) is 1.08. The standard InChI is InChI=1S/C12H16INO4/c1-14(6-9(15)7-18-2)12(17)10-5-8(13)3-4-11(10)16/h3-5,9,15-16H,6-7H2,1-2H3. The van der Waals surface area contributed by atoms with Crippen LogP contribution in [0.4, 0.5) is 0 Å². The van der Waals surface area contributed by atoms with E-state index in [4.69, 9.17) is 4.74 Å². The van der Waals surface area contributed by atoms with Crippen LogP contribution in [0.2, 0.25) is 0 Å². The Labute approximate surface area is 120 Å². The first-order valence-electron chi connectivity index (χ1n) is 5.36. The molecule has 1 aromatic carbocycles. The van der Waals surface area contributed by atoms with Crippen molar-refractivity contribution in [2.75, 3.05) is 27.3 Å². The van der Waals surface area contributed by atoms with Crippen molar-refractivity contribution >= 4 is 28.5 Å². The molecular formula is C12H16INO4. The fraction of sp³-hybridized carbons (Fsp3) is 0.417. The Hall–Kier alpha value is -0.860. The number of benzene rings is 1. The maximum Gasteiger partial charge on any atom is 0.257 e. The van der Waals surface area contributed by atoms with Gasteiger partial charge in [-0.05, 0) is 40.8 Å². The van der Waals surface area contributed by atoms with Crippen molar-refractivity contribution in [3.63, 3.8) is 0 Å². The molecule has 1 aromatic rings. The molecule has 1 atom stereocenters. The molecule has 0 heterocycles. The highest BCUT2D eigenvalue weighted by Gasteiger charge is 2.18. The summed E-state index contributed by atoms with van der Waals surface area (Å²) in [5.74, 6) is -0.394. The number of phenolic OH excluding ortho intramolecular Hbond substituents is 1. The van der Waals surface area contributed by atoms with Crippen LogP contribution in [0.1, 0.15) is 10.4 Å². The van der Waals surface area contributed by atoms with Gasteiger partial charge >= 0.3 is 0 Å². The van der Waals surface area contributed by atoms with Crippen molar-refractivity contribution in [2.45, 2.75) is 6.10 Å². The number of aromatic hydroxyl groups is 1. The van der Waals surface area contributed by atoms with E-state index in [1.807, 2.05) is 0 Å². The third kappa shape index (κ3) is 4.11. The van der Waals surface area contributed by atoms with Gasteiger partial charge in [0.2, 0.25) is 0 Å². The summed E-state index contributed by atoms with van der Waals surface area (Å²) in [5, 5.41) is 19.2. The highest BCUT2D eigenvalue weighted by Crippen LogP contribution is 2.21. The number of amides is 1. The summed E-state index contributed by atoms with van der Waals surface area (Å²) < 4.78 is 5.65. The molecule has 2 N–H and O–H groups in total. The Balaban J connectivity index is 2.77. The molecule has 0 spiro atoms. The molecule has 0 aliphatic heterocycles. The highest BCUT2D eigenvalue weighted by atomic mass is 127. The van der Waals surface area contributed by atoms with E-state index in [0.717, 1.165) is 3.57 Å². The van der Waals surface area contributed by atoms with Gasteiger partial charge in [0, 0.05) is 24.3 Å². The summed E-state index contributed by atoms with van der Waals surface area (Å²) >= 11 is 2.07. The van der Waals surface area contributed by atoms with Gasteiger partial charge in [-0.3, -0.25) is 4.79 Å². The van der Waals surface area contributed by atoms with Crippen molar-refractivity contribution in [1.82, 2.24) is 4.90 Å². The second-order valence-corrected chi connectivity index (χ2v) is 5.20. The number of carbonyl (C=O) groups is 1. The Morgan fingerprint density at radius 2 is 2.22 bits per heavy atom. The molecule has 0 saturated heterocycles. The van der Waals surface area contributed by atoms with Crippen LogP contribution in [0.25, 0.3) is 0 Å². The maximum atomic E-state index is 12.1. The molecule has 100 valence electrons. The summed E-state index contributed by atoms with van der Waals surface area (Å²) in [4.78, 5) is 13.4. The number of carbonyl (C=O) groups excluding carboxylic acids is 1. The average molecular weight is 365 g/mol. The SMILES string of the molecule is COCC(O)CN(C)C(=O)c1cc(I)ccc1O. The lowest BCUT2D eigenvalue weighted by Crippen LogP contribution is -2.36. The van der Waals surface area contributed by atoms with E-state index >= 15 is 0 Å². The molecule has 5 nitrogen and oxygen atoms in total. The fourth-order valence-corrected chi connectivity index (χ4v) is 2.02. The fourth-order valence-electron chi connectivity index (χ4n) is 1.53. The largest absolute Gasteiger partial charge is 0.507 e. The summed E-state index contributed by atoms with van der Waals surface area (Å²) in [5.41, 5.74) is 0.231. The van der Waals surface area contributed by atoms with Crippen LogP contribution in [0.3, 0.4) is 0 Å². The molecule has 0 bridgehead atoms. The summed E-state index contributed by atoms with van der Waals surface area (Å²) in [6.07, 6.45) is -0.742. The molecule has 18 heavy (non-hydrogen) atoms. The number of phenols is 1. The molecule has 1 unspecified atom stereocenters. The first-order valence-corrected chi connectivity index (χ1v) is 6.44. The zero-order valence-corrected chi connectivity index (χ0v) is 12.4. The van der Waals surface area contributed by atoms with Crippen molar-refractivity contribution in [1.29, 1.82) is 0 Å². The maximum absolute atomic E-state index is 12.1. The Bertz CT molecular complexity index is 425. The normalized spacial score (nSPS) is 12.2. The third-order valence-corrected chi connectivity index (χ3v) is 3.05. The van der Waals surface area contributed by atoms with E-state index < -0.39 is 6.10 Å². The topological polar surface area (TPSA) is 70.0 Å². The quantitative estimate of drug-likeness (QED) is 0.767. The smallest absolute Gasteiger partial charge is 0.257 e. The first-order chi connectivity index (χ1) is 8.45. The predicted molar refractivity (Wildman–Crippen MR) is 75.7 cm³/mol. The number of halogens is 1. The van der Waals surface area contributed by atoms with Crippen LogP contribution >= 0.6 is 22.6 Å². The van der Waals surface area contributed by atoms with Gasteiger partial charge in [0.15, 0.2) is 0 Å². The van der Waals surface area contributed by atoms with Gasteiger partial charge < -0.3 is 19.8 Å². The summed E-state index contributed by atoms with van der Waals surface area (Å²) in [7, 11) is 3.05.